The van der Waals surface area contributed by atoms with E-state index in [1.807, 2.05) is 21.9 Å². The van der Waals surface area contributed by atoms with Crippen LogP contribution in [0.4, 0.5) is 4.79 Å². The number of nitrogens with one attached hydrogen (secondary N) is 1. The molecule has 1 saturated heterocycles. The molecular formula is C21H29N3O3. The molecule has 2 heterocycles. The normalized spacial score (nSPS) is 20.1. The minimum absolute atomic E-state index is 0.0369. The molecule has 1 aromatic carbocycles. The lowest BCUT2D eigenvalue weighted by Gasteiger charge is -2.24. The van der Waals surface area contributed by atoms with Crippen molar-refractivity contribution in [1.29, 1.82) is 0 Å². The monoisotopic (exact) mass is 371 g/mol. The van der Waals surface area contributed by atoms with Gasteiger partial charge < -0.3 is 19.9 Å². The van der Waals surface area contributed by atoms with E-state index in [4.69, 9.17) is 4.74 Å². The van der Waals surface area contributed by atoms with Crippen molar-refractivity contribution in [3.63, 3.8) is 0 Å². The van der Waals surface area contributed by atoms with Gasteiger partial charge in [0, 0.05) is 38.6 Å². The average Bonchev–Trinajstić information content (AvgIpc) is 3.27. The molecular weight excluding hydrogens is 342 g/mol. The lowest BCUT2D eigenvalue weighted by Crippen LogP contribution is -2.45. The summed E-state index contributed by atoms with van der Waals surface area (Å²) in [5.74, 6) is 1.09. The zero-order valence-corrected chi connectivity index (χ0v) is 15.9. The summed E-state index contributed by atoms with van der Waals surface area (Å²) in [6.07, 6.45) is 6.78. The number of fused-ring (bicyclic) bond motifs is 1. The van der Waals surface area contributed by atoms with E-state index in [-0.39, 0.29) is 11.9 Å². The van der Waals surface area contributed by atoms with Gasteiger partial charge in [-0.2, -0.15) is 0 Å². The second kappa shape index (κ2) is 8.19. The number of hydrogen-bond donors (Lipinski definition) is 1. The van der Waals surface area contributed by atoms with Crippen molar-refractivity contribution in [3.05, 3.63) is 29.3 Å². The molecule has 1 saturated carbocycles. The third-order valence-corrected chi connectivity index (χ3v) is 5.93. The van der Waals surface area contributed by atoms with Crippen LogP contribution in [0.3, 0.4) is 0 Å². The Hall–Kier alpha value is -2.24. The number of benzene rings is 1. The molecule has 0 bridgehead atoms. The van der Waals surface area contributed by atoms with Crippen molar-refractivity contribution in [3.8, 4) is 5.75 Å². The fraction of sp³-hybridized carbons (Fsp3) is 0.619. The molecule has 1 aliphatic carbocycles. The highest BCUT2D eigenvalue weighted by molar-refractivity contribution is 5.79. The molecule has 0 atom stereocenters. The fourth-order valence-corrected chi connectivity index (χ4v) is 4.34. The first-order valence-corrected chi connectivity index (χ1v) is 10.3. The molecule has 0 unspecified atom stereocenters. The molecule has 2 aliphatic heterocycles. The Balaban J connectivity index is 1.29. The van der Waals surface area contributed by atoms with Gasteiger partial charge in [0.05, 0.1) is 13.0 Å². The predicted octanol–water partition coefficient (Wildman–Crippen LogP) is 2.35. The molecule has 3 aliphatic rings. The van der Waals surface area contributed by atoms with E-state index in [1.165, 1.54) is 18.4 Å². The van der Waals surface area contributed by atoms with E-state index in [2.05, 4.69) is 11.4 Å². The molecule has 0 spiro atoms. The van der Waals surface area contributed by atoms with Gasteiger partial charge in [-0.05, 0) is 36.5 Å². The third kappa shape index (κ3) is 4.37. The van der Waals surface area contributed by atoms with Crippen LogP contribution in [-0.4, -0.2) is 60.6 Å². The lowest BCUT2D eigenvalue weighted by atomic mass is 10.1. The third-order valence-electron chi connectivity index (χ3n) is 5.93. The van der Waals surface area contributed by atoms with E-state index in [0.717, 1.165) is 56.7 Å². The number of urea groups is 1. The SMILES string of the molecule is O=C(Cc1ccc2c(c1)CCO2)N1CCCN(C(=O)NC2CCCC2)CC1. The largest absolute Gasteiger partial charge is 0.493 e. The highest BCUT2D eigenvalue weighted by Gasteiger charge is 2.25. The van der Waals surface area contributed by atoms with Gasteiger partial charge in [-0.1, -0.05) is 25.0 Å². The number of nitrogens with zero attached hydrogens (tertiary/aromatic N) is 2. The quantitative estimate of drug-likeness (QED) is 0.887. The van der Waals surface area contributed by atoms with E-state index in [9.17, 15) is 9.59 Å². The van der Waals surface area contributed by atoms with Crippen LogP contribution in [0.25, 0.3) is 0 Å². The molecule has 1 N–H and O–H groups in total. The van der Waals surface area contributed by atoms with Crippen LogP contribution in [-0.2, 0) is 17.6 Å². The molecule has 1 aromatic rings. The Morgan fingerprint density at radius 3 is 2.67 bits per heavy atom. The number of rotatable bonds is 3. The summed E-state index contributed by atoms with van der Waals surface area (Å²) < 4.78 is 5.53. The van der Waals surface area contributed by atoms with E-state index < -0.39 is 0 Å². The fourth-order valence-electron chi connectivity index (χ4n) is 4.34. The van der Waals surface area contributed by atoms with Crippen LogP contribution in [0.15, 0.2) is 18.2 Å². The average molecular weight is 371 g/mol. The van der Waals surface area contributed by atoms with Gasteiger partial charge in [-0.15, -0.1) is 0 Å². The Labute approximate surface area is 160 Å². The minimum atomic E-state index is 0.0369. The Morgan fingerprint density at radius 1 is 1.04 bits per heavy atom. The second-order valence-electron chi connectivity index (χ2n) is 7.87. The van der Waals surface area contributed by atoms with Crippen LogP contribution in [0.5, 0.6) is 5.75 Å². The lowest BCUT2D eigenvalue weighted by molar-refractivity contribution is -0.130. The topological polar surface area (TPSA) is 61.9 Å². The summed E-state index contributed by atoms with van der Waals surface area (Å²) in [6.45, 7) is 3.41. The Morgan fingerprint density at radius 2 is 1.81 bits per heavy atom. The van der Waals surface area contributed by atoms with Crippen LogP contribution >= 0.6 is 0 Å². The predicted molar refractivity (Wildman–Crippen MR) is 103 cm³/mol. The molecule has 0 aromatic heterocycles. The first kappa shape index (κ1) is 18.1. The van der Waals surface area contributed by atoms with Crippen molar-refractivity contribution in [2.75, 3.05) is 32.8 Å². The summed E-state index contributed by atoms with van der Waals surface area (Å²) in [4.78, 5) is 29.0. The maximum absolute atomic E-state index is 12.8. The molecule has 6 heteroatoms. The number of carbonyl (C=O) groups excluding carboxylic acids is 2. The standard InChI is InChI=1S/C21H29N3O3/c25-20(15-16-6-7-19-17(14-16)8-13-27-19)23-9-3-10-24(12-11-23)21(26)22-18-4-1-2-5-18/h6-7,14,18H,1-5,8-13,15H2,(H,22,26). The molecule has 2 fully saturated rings. The van der Waals surface area contributed by atoms with Crippen LogP contribution in [0, 0.1) is 0 Å². The highest BCUT2D eigenvalue weighted by Crippen LogP contribution is 2.26. The van der Waals surface area contributed by atoms with Gasteiger partial charge >= 0.3 is 6.03 Å². The number of carbonyl (C=O) groups is 2. The van der Waals surface area contributed by atoms with Crippen molar-refractivity contribution < 1.29 is 14.3 Å². The van der Waals surface area contributed by atoms with Crippen molar-refractivity contribution >= 4 is 11.9 Å². The van der Waals surface area contributed by atoms with Gasteiger partial charge in [0.25, 0.3) is 0 Å². The van der Waals surface area contributed by atoms with Crippen LogP contribution in [0.1, 0.15) is 43.2 Å². The van der Waals surface area contributed by atoms with Crippen molar-refractivity contribution in [1.82, 2.24) is 15.1 Å². The van der Waals surface area contributed by atoms with Crippen LogP contribution in [0.2, 0.25) is 0 Å². The molecule has 4 rings (SSSR count). The maximum Gasteiger partial charge on any atom is 0.317 e. The molecule has 0 radical (unpaired) electrons. The van der Waals surface area contributed by atoms with Gasteiger partial charge in [0.1, 0.15) is 5.75 Å². The summed E-state index contributed by atoms with van der Waals surface area (Å²) in [5.41, 5.74) is 2.25. The zero-order valence-electron chi connectivity index (χ0n) is 15.9. The minimum Gasteiger partial charge on any atom is -0.493 e. The number of hydrogen-bond acceptors (Lipinski definition) is 3. The first-order chi connectivity index (χ1) is 13.2. The molecule has 27 heavy (non-hydrogen) atoms. The zero-order chi connectivity index (χ0) is 18.6. The van der Waals surface area contributed by atoms with Gasteiger partial charge in [-0.3, -0.25) is 4.79 Å². The molecule has 146 valence electrons. The van der Waals surface area contributed by atoms with Crippen molar-refractivity contribution in [2.45, 2.75) is 51.0 Å². The number of ether oxygens (including phenoxy) is 1. The molecule has 6 nitrogen and oxygen atoms in total. The summed E-state index contributed by atoms with van der Waals surface area (Å²) in [6, 6.07) is 6.43. The molecule has 3 amide bonds. The van der Waals surface area contributed by atoms with Gasteiger partial charge in [0.15, 0.2) is 0 Å². The first-order valence-electron chi connectivity index (χ1n) is 10.3. The maximum atomic E-state index is 12.8. The number of amides is 3. The summed E-state index contributed by atoms with van der Waals surface area (Å²) in [7, 11) is 0. The van der Waals surface area contributed by atoms with Gasteiger partial charge in [-0.25, -0.2) is 4.79 Å². The Bertz CT molecular complexity index is 700. The smallest absolute Gasteiger partial charge is 0.317 e. The van der Waals surface area contributed by atoms with Crippen LogP contribution < -0.4 is 10.1 Å². The second-order valence-corrected chi connectivity index (χ2v) is 7.87. The van der Waals surface area contributed by atoms with Gasteiger partial charge in [0.2, 0.25) is 5.91 Å². The van der Waals surface area contributed by atoms with Crippen molar-refractivity contribution in [2.24, 2.45) is 0 Å². The summed E-state index contributed by atoms with van der Waals surface area (Å²) >= 11 is 0. The highest BCUT2D eigenvalue weighted by atomic mass is 16.5. The summed E-state index contributed by atoms with van der Waals surface area (Å²) in [5, 5.41) is 3.16. The van der Waals surface area contributed by atoms with E-state index in [0.29, 0.717) is 25.6 Å². The Kier molecular flexibility index (Phi) is 5.50. The van der Waals surface area contributed by atoms with E-state index >= 15 is 0 Å². The van der Waals surface area contributed by atoms with E-state index in [1.54, 1.807) is 0 Å².